The molecule has 118 valence electrons. The molecule has 0 heterocycles. The van der Waals surface area contributed by atoms with Crippen molar-refractivity contribution in [2.45, 2.75) is 38.6 Å². The molecule has 1 saturated carbocycles. The number of halogens is 2. The van der Waals surface area contributed by atoms with Gasteiger partial charge in [0.25, 0.3) is 5.91 Å². The van der Waals surface area contributed by atoms with Crippen LogP contribution in [0, 0.1) is 5.92 Å². The predicted octanol–water partition coefficient (Wildman–Crippen LogP) is 3.66. The lowest BCUT2D eigenvalue weighted by Crippen LogP contribution is -2.41. The van der Waals surface area contributed by atoms with E-state index >= 15 is 0 Å². The van der Waals surface area contributed by atoms with Crippen molar-refractivity contribution in [3.05, 3.63) is 22.7 Å². The lowest BCUT2D eigenvalue weighted by Gasteiger charge is -2.29. The fraction of sp³-hybridized carbons (Fsp3) is 0.533. The molecule has 1 aliphatic carbocycles. The van der Waals surface area contributed by atoms with Gasteiger partial charge < -0.3 is 15.8 Å². The van der Waals surface area contributed by atoms with Gasteiger partial charge in [0.1, 0.15) is 5.75 Å². The molecule has 1 fully saturated rings. The summed E-state index contributed by atoms with van der Waals surface area (Å²) in [6, 6.07) is 3.37. The van der Waals surface area contributed by atoms with E-state index in [-0.39, 0.29) is 24.4 Å². The normalized spacial score (nSPS) is 21.3. The highest BCUT2D eigenvalue weighted by atomic mass is 35.5. The number of methoxy groups -OCH3 is 1. The van der Waals surface area contributed by atoms with Crippen LogP contribution in [-0.2, 0) is 0 Å². The van der Waals surface area contributed by atoms with Crippen LogP contribution >= 0.6 is 24.0 Å². The summed E-state index contributed by atoms with van der Waals surface area (Å²) in [7, 11) is 1.52. The summed E-state index contributed by atoms with van der Waals surface area (Å²) in [5, 5.41) is 3.46. The largest absolute Gasteiger partial charge is 0.496 e. The molecular weight excluding hydrogens is 311 g/mol. The van der Waals surface area contributed by atoms with Gasteiger partial charge in [0, 0.05) is 12.1 Å². The minimum atomic E-state index is -0.150. The maximum absolute atomic E-state index is 12.4. The van der Waals surface area contributed by atoms with Gasteiger partial charge in [0.05, 0.1) is 23.4 Å². The molecule has 0 aromatic heterocycles. The molecule has 1 aromatic carbocycles. The monoisotopic (exact) mass is 332 g/mol. The zero-order valence-corrected chi connectivity index (χ0v) is 13.9. The topological polar surface area (TPSA) is 64.3 Å². The van der Waals surface area contributed by atoms with Crippen molar-refractivity contribution in [1.29, 1.82) is 0 Å². The Morgan fingerprint density at radius 1 is 1.38 bits per heavy atom. The lowest BCUT2D eigenvalue weighted by molar-refractivity contribution is 0.0907. The van der Waals surface area contributed by atoms with E-state index < -0.39 is 0 Å². The summed E-state index contributed by atoms with van der Waals surface area (Å²) >= 11 is 6.00. The van der Waals surface area contributed by atoms with Crippen LogP contribution < -0.4 is 15.8 Å². The third-order valence-corrected chi connectivity index (χ3v) is 4.32. The van der Waals surface area contributed by atoms with Gasteiger partial charge in [-0.2, -0.15) is 0 Å². The first kappa shape index (κ1) is 17.9. The molecular formula is C15H22Cl2N2O2. The quantitative estimate of drug-likeness (QED) is 0.830. The molecule has 1 aromatic rings. The summed E-state index contributed by atoms with van der Waals surface area (Å²) in [6.45, 7) is 2.18. The molecule has 4 nitrogen and oxygen atoms in total. The van der Waals surface area contributed by atoms with E-state index in [0.29, 0.717) is 27.9 Å². The highest BCUT2D eigenvalue weighted by Crippen LogP contribution is 2.30. The highest BCUT2D eigenvalue weighted by Gasteiger charge is 2.24. The Labute approximate surface area is 136 Å². The number of nitrogens with one attached hydrogen (secondary N) is 1. The Balaban J connectivity index is 0.00000220. The molecule has 2 rings (SSSR count). The van der Waals surface area contributed by atoms with Crippen molar-refractivity contribution in [3.63, 3.8) is 0 Å². The van der Waals surface area contributed by atoms with E-state index in [1.54, 1.807) is 12.1 Å². The van der Waals surface area contributed by atoms with Gasteiger partial charge in [0.2, 0.25) is 0 Å². The molecule has 1 aliphatic rings. The smallest absolute Gasteiger partial charge is 0.255 e. The van der Waals surface area contributed by atoms with Gasteiger partial charge in [-0.15, -0.1) is 12.4 Å². The molecule has 6 heteroatoms. The zero-order valence-electron chi connectivity index (χ0n) is 12.3. The Bertz CT molecular complexity index is 509. The number of amides is 1. The predicted molar refractivity (Wildman–Crippen MR) is 88.6 cm³/mol. The molecule has 0 saturated heterocycles. The van der Waals surface area contributed by atoms with Gasteiger partial charge in [0.15, 0.2) is 0 Å². The SMILES string of the molecule is COc1cc(N)c(Cl)cc1C(=O)NC1CCCCC1C.Cl. The first-order valence-corrected chi connectivity index (χ1v) is 7.34. The van der Waals surface area contributed by atoms with E-state index in [4.69, 9.17) is 22.1 Å². The van der Waals surface area contributed by atoms with Crippen LogP contribution in [0.4, 0.5) is 5.69 Å². The molecule has 0 radical (unpaired) electrons. The van der Waals surface area contributed by atoms with Crippen molar-refractivity contribution >= 4 is 35.6 Å². The van der Waals surface area contributed by atoms with Crippen LogP contribution in [0.5, 0.6) is 5.75 Å². The Kier molecular flexibility index (Phi) is 6.62. The average molecular weight is 333 g/mol. The maximum atomic E-state index is 12.4. The van der Waals surface area contributed by atoms with E-state index in [1.165, 1.54) is 13.5 Å². The average Bonchev–Trinajstić information content (AvgIpc) is 2.43. The first-order chi connectivity index (χ1) is 9.52. The van der Waals surface area contributed by atoms with Crippen molar-refractivity contribution in [1.82, 2.24) is 5.32 Å². The first-order valence-electron chi connectivity index (χ1n) is 6.96. The van der Waals surface area contributed by atoms with E-state index in [9.17, 15) is 4.79 Å². The van der Waals surface area contributed by atoms with Crippen molar-refractivity contribution in [3.8, 4) is 5.75 Å². The number of hydrogen-bond donors (Lipinski definition) is 2. The number of carbonyl (C=O) groups excluding carboxylic acids is 1. The summed E-state index contributed by atoms with van der Waals surface area (Å²) < 4.78 is 5.22. The van der Waals surface area contributed by atoms with Crippen LogP contribution in [0.2, 0.25) is 5.02 Å². The summed E-state index contributed by atoms with van der Waals surface area (Å²) in [5.41, 5.74) is 6.57. The third kappa shape index (κ3) is 4.17. The van der Waals surface area contributed by atoms with Crippen LogP contribution in [0.15, 0.2) is 12.1 Å². The van der Waals surface area contributed by atoms with Gasteiger partial charge >= 0.3 is 0 Å². The number of benzene rings is 1. The molecule has 0 bridgehead atoms. The summed E-state index contributed by atoms with van der Waals surface area (Å²) in [4.78, 5) is 12.4. The van der Waals surface area contributed by atoms with Gasteiger partial charge in [-0.25, -0.2) is 0 Å². The van der Waals surface area contributed by atoms with Crippen LogP contribution in [0.1, 0.15) is 43.0 Å². The van der Waals surface area contributed by atoms with Gasteiger partial charge in [-0.1, -0.05) is 31.4 Å². The second kappa shape index (κ2) is 7.76. The van der Waals surface area contributed by atoms with E-state index in [0.717, 1.165) is 19.3 Å². The third-order valence-electron chi connectivity index (χ3n) is 3.99. The Morgan fingerprint density at radius 3 is 2.67 bits per heavy atom. The summed E-state index contributed by atoms with van der Waals surface area (Å²) in [6.07, 6.45) is 4.59. The minimum Gasteiger partial charge on any atom is -0.496 e. The Morgan fingerprint density at radius 2 is 2.05 bits per heavy atom. The Hall–Kier alpha value is -1.13. The number of anilines is 1. The standard InChI is InChI=1S/C15H21ClN2O2.ClH/c1-9-5-3-4-6-13(9)18-15(19)10-7-11(16)12(17)8-14(10)20-2;/h7-9,13H,3-6,17H2,1-2H3,(H,18,19);1H. The second-order valence-electron chi connectivity index (χ2n) is 5.42. The lowest BCUT2D eigenvalue weighted by atomic mass is 9.86. The summed E-state index contributed by atoms with van der Waals surface area (Å²) in [5.74, 6) is 0.804. The minimum absolute atomic E-state index is 0. The van der Waals surface area contributed by atoms with Crippen LogP contribution in [-0.4, -0.2) is 19.1 Å². The van der Waals surface area contributed by atoms with Crippen LogP contribution in [0.3, 0.4) is 0 Å². The molecule has 3 N–H and O–H groups in total. The maximum Gasteiger partial charge on any atom is 0.255 e. The zero-order chi connectivity index (χ0) is 14.7. The van der Waals surface area contributed by atoms with E-state index in [2.05, 4.69) is 12.2 Å². The second-order valence-corrected chi connectivity index (χ2v) is 5.82. The number of carbonyl (C=O) groups is 1. The molecule has 0 aliphatic heterocycles. The molecule has 2 atom stereocenters. The molecule has 0 spiro atoms. The van der Waals surface area contributed by atoms with Crippen molar-refractivity contribution < 1.29 is 9.53 Å². The van der Waals surface area contributed by atoms with Gasteiger partial charge in [-0.05, 0) is 24.8 Å². The molecule has 1 amide bonds. The molecule has 21 heavy (non-hydrogen) atoms. The number of hydrogen-bond acceptors (Lipinski definition) is 3. The number of nitrogen functional groups attached to an aromatic ring is 1. The number of rotatable bonds is 3. The number of ether oxygens (including phenoxy) is 1. The fourth-order valence-electron chi connectivity index (χ4n) is 2.69. The highest BCUT2D eigenvalue weighted by molar-refractivity contribution is 6.33. The van der Waals surface area contributed by atoms with Crippen molar-refractivity contribution in [2.75, 3.05) is 12.8 Å². The fourth-order valence-corrected chi connectivity index (χ4v) is 2.86. The van der Waals surface area contributed by atoms with E-state index in [1.807, 2.05) is 0 Å². The number of nitrogens with two attached hydrogens (primary N) is 1. The van der Waals surface area contributed by atoms with Crippen LogP contribution in [0.25, 0.3) is 0 Å². The van der Waals surface area contributed by atoms with Gasteiger partial charge in [-0.3, -0.25) is 4.79 Å². The van der Waals surface area contributed by atoms with Crippen molar-refractivity contribution in [2.24, 2.45) is 5.92 Å². The molecule has 2 unspecified atom stereocenters.